The van der Waals surface area contributed by atoms with E-state index in [1.54, 1.807) is 46.0 Å². The Morgan fingerprint density at radius 1 is 1.06 bits per heavy atom. The molecule has 176 valence electrons. The van der Waals surface area contributed by atoms with E-state index in [2.05, 4.69) is 15.6 Å². The van der Waals surface area contributed by atoms with Crippen LogP contribution in [0.15, 0.2) is 48.5 Å². The summed E-state index contributed by atoms with van der Waals surface area (Å²) in [5, 5.41) is 11.8. The third-order valence-corrected chi connectivity index (χ3v) is 6.56. The van der Waals surface area contributed by atoms with E-state index in [4.69, 9.17) is 16.3 Å². The van der Waals surface area contributed by atoms with Crippen LogP contribution < -0.4 is 5.32 Å². The van der Waals surface area contributed by atoms with Crippen molar-refractivity contribution in [2.45, 2.75) is 32.1 Å². The fraction of sp³-hybridized carbons (Fsp3) is 0.333. The van der Waals surface area contributed by atoms with Crippen molar-refractivity contribution in [1.29, 1.82) is 0 Å². The lowest BCUT2D eigenvalue weighted by Gasteiger charge is -2.31. The Hall–Kier alpha value is -3.30. The van der Waals surface area contributed by atoms with Gasteiger partial charge in [-0.1, -0.05) is 28.9 Å². The molecule has 2 aromatic carbocycles. The van der Waals surface area contributed by atoms with Gasteiger partial charge < -0.3 is 15.0 Å². The molecule has 0 spiro atoms. The maximum Gasteiger partial charge on any atom is 0.276 e. The second kappa shape index (κ2) is 9.52. The molecule has 0 radical (unpaired) electrons. The summed E-state index contributed by atoms with van der Waals surface area (Å²) in [6.45, 7) is 1.51. The summed E-state index contributed by atoms with van der Waals surface area (Å²) in [6, 6.07) is 13.1. The van der Waals surface area contributed by atoms with E-state index in [9.17, 15) is 14.0 Å². The van der Waals surface area contributed by atoms with Gasteiger partial charge >= 0.3 is 0 Å². The lowest BCUT2D eigenvalue weighted by Crippen LogP contribution is -2.42. The molecule has 2 aliphatic heterocycles. The SMILES string of the molecule is O=C(Nc1ccc(Cl)cc1)C1CCN(C(=O)c2nnn3c2CO[C@@H](c2ccc(F)cc2)C3)CC1. The second-order valence-electron chi connectivity index (χ2n) is 8.48. The number of aromatic nitrogens is 3. The minimum Gasteiger partial charge on any atom is -0.365 e. The maximum absolute atomic E-state index is 13.2. The number of fused-ring (bicyclic) bond motifs is 1. The molecule has 0 saturated carbocycles. The number of amides is 2. The maximum atomic E-state index is 13.2. The van der Waals surface area contributed by atoms with E-state index in [1.807, 2.05) is 0 Å². The quantitative estimate of drug-likeness (QED) is 0.609. The van der Waals surface area contributed by atoms with Crippen LogP contribution in [0.3, 0.4) is 0 Å². The molecule has 0 unspecified atom stereocenters. The van der Waals surface area contributed by atoms with Crippen molar-refractivity contribution in [2.75, 3.05) is 18.4 Å². The summed E-state index contributed by atoms with van der Waals surface area (Å²) in [6.07, 6.45) is 0.850. The van der Waals surface area contributed by atoms with Crippen LogP contribution in [0.4, 0.5) is 10.1 Å². The third-order valence-electron chi connectivity index (χ3n) is 6.31. The molecule has 10 heteroatoms. The molecule has 2 amide bonds. The molecule has 1 atom stereocenters. The summed E-state index contributed by atoms with van der Waals surface area (Å²) in [5.41, 5.74) is 2.45. The molecule has 34 heavy (non-hydrogen) atoms. The van der Waals surface area contributed by atoms with Gasteiger partial charge in [-0.3, -0.25) is 9.59 Å². The number of rotatable bonds is 4. The first-order valence-electron chi connectivity index (χ1n) is 11.1. The highest BCUT2D eigenvalue weighted by atomic mass is 35.5. The number of anilines is 1. The lowest BCUT2D eigenvalue weighted by molar-refractivity contribution is -0.121. The predicted octanol–water partition coefficient (Wildman–Crippen LogP) is 3.83. The number of nitrogens with zero attached hydrogens (tertiary/aromatic N) is 4. The average Bonchev–Trinajstić information content (AvgIpc) is 3.29. The van der Waals surface area contributed by atoms with Gasteiger partial charge in [0.05, 0.1) is 18.8 Å². The summed E-state index contributed by atoms with van der Waals surface area (Å²) in [4.78, 5) is 27.4. The summed E-state index contributed by atoms with van der Waals surface area (Å²) < 4.78 is 20.8. The first-order valence-corrected chi connectivity index (χ1v) is 11.5. The number of halogens is 2. The first-order chi connectivity index (χ1) is 16.5. The normalized spacial score (nSPS) is 18.4. The molecule has 2 aliphatic rings. The van der Waals surface area contributed by atoms with Crippen molar-refractivity contribution in [2.24, 2.45) is 5.92 Å². The largest absolute Gasteiger partial charge is 0.365 e. The minimum atomic E-state index is -0.305. The minimum absolute atomic E-state index is 0.0595. The zero-order chi connectivity index (χ0) is 23.7. The van der Waals surface area contributed by atoms with Gasteiger partial charge in [0.25, 0.3) is 5.91 Å². The molecule has 3 aromatic rings. The van der Waals surface area contributed by atoms with Crippen molar-refractivity contribution in [3.63, 3.8) is 0 Å². The van der Waals surface area contributed by atoms with E-state index in [-0.39, 0.29) is 42.0 Å². The Morgan fingerprint density at radius 2 is 1.76 bits per heavy atom. The van der Waals surface area contributed by atoms with Crippen LogP contribution in [-0.2, 0) is 22.7 Å². The standard InChI is InChI=1S/C24H23ClFN5O3/c25-17-3-7-19(8-4-17)27-23(32)16-9-11-30(12-10-16)24(33)22-20-14-34-21(13-31(20)29-28-22)15-1-5-18(26)6-2-15/h1-8,16,21H,9-14H2,(H,27,32)/t21-/m1/s1. The van der Waals surface area contributed by atoms with Crippen LogP contribution >= 0.6 is 11.6 Å². The number of likely N-dealkylation sites (tertiary alicyclic amines) is 1. The molecule has 1 fully saturated rings. The molecule has 0 aliphatic carbocycles. The van der Waals surface area contributed by atoms with Crippen molar-refractivity contribution < 1.29 is 18.7 Å². The van der Waals surface area contributed by atoms with E-state index < -0.39 is 0 Å². The molecule has 8 nitrogen and oxygen atoms in total. The Morgan fingerprint density at radius 3 is 2.47 bits per heavy atom. The molecule has 1 aromatic heterocycles. The molecular formula is C24H23ClFN5O3. The highest BCUT2D eigenvalue weighted by Gasteiger charge is 2.33. The van der Waals surface area contributed by atoms with Crippen LogP contribution in [0.5, 0.6) is 0 Å². The number of hydrogen-bond acceptors (Lipinski definition) is 5. The highest BCUT2D eigenvalue weighted by molar-refractivity contribution is 6.30. The van der Waals surface area contributed by atoms with Gasteiger partial charge in [0, 0.05) is 29.7 Å². The lowest BCUT2D eigenvalue weighted by atomic mass is 9.95. The number of carbonyl (C=O) groups excluding carboxylic acids is 2. The summed E-state index contributed by atoms with van der Waals surface area (Å²) in [7, 11) is 0. The Balaban J connectivity index is 1.18. The van der Waals surface area contributed by atoms with Gasteiger partial charge in [-0.15, -0.1) is 5.10 Å². The topological polar surface area (TPSA) is 89.4 Å². The van der Waals surface area contributed by atoms with Gasteiger partial charge in [-0.25, -0.2) is 9.07 Å². The van der Waals surface area contributed by atoms with Crippen molar-refractivity contribution >= 4 is 29.1 Å². The van der Waals surface area contributed by atoms with Gasteiger partial charge in [-0.05, 0) is 54.8 Å². The second-order valence-corrected chi connectivity index (χ2v) is 8.92. The first kappa shape index (κ1) is 22.5. The van der Waals surface area contributed by atoms with Gasteiger partial charge in [-0.2, -0.15) is 0 Å². The highest BCUT2D eigenvalue weighted by Crippen LogP contribution is 2.28. The van der Waals surface area contributed by atoms with E-state index in [0.717, 1.165) is 5.56 Å². The number of carbonyl (C=O) groups is 2. The fourth-order valence-electron chi connectivity index (χ4n) is 4.33. The van der Waals surface area contributed by atoms with Crippen LogP contribution in [0.25, 0.3) is 0 Å². The van der Waals surface area contributed by atoms with Crippen molar-refractivity contribution in [3.05, 3.63) is 76.3 Å². The smallest absolute Gasteiger partial charge is 0.276 e. The zero-order valence-electron chi connectivity index (χ0n) is 18.3. The van der Waals surface area contributed by atoms with Crippen LogP contribution in [0, 0.1) is 11.7 Å². The van der Waals surface area contributed by atoms with Crippen molar-refractivity contribution in [1.82, 2.24) is 19.9 Å². The van der Waals surface area contributed by atoms with Crippen LogP contribution in [0.2, 0.25) is 5.02 Å². The molecule has 5 rings (SSSR count). The van der Waals surface area contributed by atoms with Gasteiger partial charge in [0.1, 0.15) is 11.9 Å². The summed E-state index contributed by atoms with van der Waals surface area (Å²) in [5.74, 6) is -0.744. The zero-order valence-corrected chi connectivity index (χ0v) is 19.0. The number of ether oxygens (including phenoxy) is 1. The third kappa shape index (κ3) is 4.67. The molecular weight excluding hydrogens is 461 g/mol. The number of nitrogens with one attached hydrogen (secondary N) is 1. The molecule has 0 bridgehead atoms. The Bertz CT molecular complexity index is 1190. The number of benzene rings is 2. The van der Waals surface area contributed by atoms with Crippen LogP contribution in [-0.4, -0.2) is 44.8 Å². The van der Waals surface area contributed by atoms with Crippen molar-refractivity contribution in [3.8, 4) is 0 Å². The van der Waals surface area contributed by atoms with E-state index in [0.29, 0.717) is 48.9 Å². The Kier molecular flexibility index (Phi) is 6.30. The van der Waals surface area contributed by atoms with E-state index in [1.165, 1.54) is 12.1 Å². The van der Waals surface area contributed by atoms with Gasteiger partial charge in [0.15, 0.2) is 5.69 Å². The molecule has 1 N–H and O–H groups in total. The monoisotopic (exact) mass is 483 g/mol. The summed E-state index contributed by atoms with van der Waals surface area (Å²) >= 11 is 5.89. The fourth-order valence-corrected chi connectivity index (χ4v) is 4.45. The molecule has 3 heterocycles. The molecule has 1 saturated heterocycles. The Labute approximate surface area is 200 Å². The number of hydrogen-bond donors (Lipinski definition) is 1. The predicted molar refractivity (Wildman–Crippen MR) is 123 cm³/mol. The van der Waals surface area contributed by atoms with E-state index >= 15 is 0 Å². The number of piperidine rings is 1. The average molecular weight is 484 g/mol. The van der Waals surface area contributed by atoms with Crippen LogP contribution in [0.1, 0.15) is 40.7 Å². The van der Waals surface area contributed by atoms with Gasteiger partial charge in [0.2, 0.25) is 5.91 Å².